The van der Waals surface area contributed by atoms with Crippen LogP contribution in [0, 0.1) is 6.92 Å². The summed E-state index contributed by atoms with van der Waals surface area (Å²) in [4.78, 5) is 11.7. The lowest BCUT2D eigenvalue weighted by atomic mass is 10.1. The van der Waals surface area contributed by atoms with Crippen molar-refractivity contribution in [1.29, 1.82) is 0 Å². The summed E-state index contributed by atoms with van der Waals surface area (Å²) in [5, 5.41) is 16.8. The fourth-order valence-corrected chi connectivity index (χ4v) is 4.98. The molecule has 0 radical (unpaired) electrons. The van der Waals surface area contributed by atoms with Gasteiger partial charge in [0.15, 0.2) is 11.5 Å². The number of fused-ring (bicyclic) bond motifs is 1. The van der Waals surface area contributed by atoms with Gasteiger partial charge in [0.05, 0.1) is 32.4 Å². The van der Waals surface area contributed by atoms with Crippen LogP contribution in [0.4, 0.5) is 5.82 Å². The van der Waals surface area contributed by atoms with E-state index in [1.54, 1.807) is 25.6 Å². The molecule has 0 saturated carbocycles. The molecule has 8 heteroatoms. The van der Waals surface area contributed by atoms with Gasteiger partial charge in [0.25, 0.3) is 0 Å². The summed E-state index contributed by atoms with van der Waals surface area (Å²) in [6.07, 6.45) is 0. The van der Waals surface area contributed by atoms with E-state index in [1.165, 1.54) is 20.9 Å². The Kier molecular flexibility index (Phi) is 7.62. The molecule has 0 spiro atoms. The lowest BCUT2D eigenvalue weighted by Crippen LogP contribution is -2.17. The molecule has 1 unspecified atom stereocenters. The molecule has 2 heterocycles. The number of benzene rings is 2. The maximum atomic E-state index is 9.07. The normalized spacial score (nSPS) is 12.0. The van der Waals surface area contributed by atoms with Crippen molar-refractivity contribution >= 4 is 28.1 Å². The van der Waals surface area contributed by atoms with Gasteiger partial charge in [-0.05, 0) is 43.2 Å². The average molecular weight is 479 g/mol. The van der Waals surface area contributed by atoms with E-state index in [-0.39, 0.29) is 12.6 Å². The lowest BCUT2D eigenvalue weighted by molar-refractivity contribution is 0.292. The third-order valence-corrected chi connectivity index (χ3v) is 6.91. The van der Waals surface area contributed by atoms with E-state index < -0.39 is 0 Å². The van der Waals surface area contributed by atoms with Crippen molar-refractivity contribution in [3.05, 3.63) is 64.8 Å². The quantitative estimate of drug-likeness (QED) is 0.278. The highest BCUT2D eigenvalue weighted by molar-refractivity contribution is 7.15. The van der Waals surface area contributed by atoms with Gasteiger partial charge in [-0.1, -0.05) is 24.3 Å². The van der Waals surface area contributed by atoms with Gasteiger partial charge in [-0.25, -0.2) is 9.97 Å². The first-order chi connectivity index (χ1) is 16.5. The molecular formula is C26H30N4O3S. The van der Waals surface area contributed by atoms with Crippen LogP contribution in [0.25, 0.3) is 21.3 Å². The minimum atomic E-state index is 0.0454. The Balaban J connectivity index is 1.61. The molecule has 0 aliphatic rings. The van der Waals surface area contributed by atoms with Crippen molar-refractivity contribution in [2.75, 3.05) is 32.7 Å². The fourth-order valence-electron chi connectivity index (χ4n) is 3.91. The zero-order valence-electron chi connectivity index (χ0n) is 19.9. The third kappa shape index (κ3) is 5.14. The molecule has 0 fully saturated rings. The van der Waals surface area contributed by atoms with Crippen molar-refractivity contribution < 1.29 is 14.6 Å². The highest BCUT2D eigenvalue weighted by atomic mass is 32.1. The molecule has 0 aliphatic heterocycles. The number of nitrogens with zero attached hydrogens (tertiary/aromatic N) is 2. The van der Waals surface area contributed by atoms with Crippen molar-refractivity contribution in [2.24, 2.45) is 0 Å². The second kappa shape index (κ2) is 10.8. The van der Waals surface area contributed by atoms with E-state index in [0.717, 1.165) is 23.3 Å². The number of anilines is 1. The molecule has 178 valence electrons. The number of aryl methyl sites for hydroxylation is 1. The van der Waals surface area contributed by atoms with Crippen LogP contribution in [0.3, 0.4) is 0 Å². The number of hydrogen-bond acceptors (Lipinski definition) is 8. The molecule has 4 rings (SSSR count). The second-order valence-electron chi connectivity index (χ2n) is 7.97. The molecule has 0 amide bonds. The first-order valence-electron chi connectivity index (χ1n) is 11.2. The first-order valence-corrected chi connectivity index (χ1v) is 12.0. The summed E-state index contributed by atoms with van der Waals surface area (Å²) >= 11 is 1.76. The van der Waals surface area contributed by atoms with E-state index in [4.69, 9.17) is 14.6 Å². The SMILES string of the molecule is COc1cc2nc(C)nc(NC(C)c3ccc(-c4ccccc4CNCCO)s3)c2cc1OC. The van der Waals surface area contributed by atoms with E-state index in [1.807, 2.05) is 25.1 Å². The molecule has 2 aromatic heterocycles. The highest BCUT2D eigenvalue weighted by Gasteiger charge is 2.16. The van der Waals surface area contributed by atoms with Gasteiger partial charge in [0.2, 0.25) is 0 Å². The maximum Gasteiger partial charge on any atom is 0.162 e. The minimum Gasteiger partial charge on any atom is -0.493 e. The summed E-state index contributed by atoms with van der Waals surface area (Å²) < 4.78 is 10.9. The summed E-state index contributed by atoms with van der Waals surface area (Å²) in [5.41, 5.74) is 3.22. The molecule has 4 aromatic rings. The van der Waals surface area contributed by atoms with Crippen LogP contribution in [0.15, 0.2) is 48.5 Å². The van der Waals surface area contributed by atoms with Crippen LogP contribution >= 0.6 is 11.3 Å². The Morgan fingerprint density at radius 3 is 2.56 bits per heavy atom. The van der Waals surface area contributed by atoms with Gasteiger partial charge < -0.3 is 25.2 Å². The van der Waals surface area contributed by atoms with E-state index >= 15 is 0 Å². The van der Waals surface area contributed by atoms with Crippen LogP contribution in [0.1, 0.15) is 29.2 Å². The van der Waals surface area contributed by atoms with Crippen molar-refractivity contribution in [2.45, 2.75) is 26.4 Å². The molecule has 0 bridgehead atoms. The number of hydrogen-bond donors (Lipinski definition) is 3. The lowest BCUT2D eigenvalue weighted by Gasteiger charge is -2.16. The average Bonchev–Trinajstić information content (AvgIpc) is 3.34. The van der Waals surface area contributed by atoms with Gasteiger partial charge in [-0.3, -0.25) is 0 Å². The Labute approximate surface area is 203 Å². The number of ether oxygens (including phenoxy) is 2. The van der Waals surface area contributed by atoms with E-state index in [0.29, 0.717) is 23.9 Å². The largest absolute Gasteiger partial charge is 0.493 e. The number of aromatic nitrogens is 2. The zero-order chi connectivity index (χ0) is 24.1. The topological polar surface area (TPSA) is 88.5 Å². The summed E-state index contributed by atoms with van der Waals surface area (Å²) in [5.74, 6) is 2.73. The number of aliphatic hydroxyl groups is 1. The fraction of sp³-hybridized carbons (Fsp3) is 0.308. The number of rotatable bonds is 10. The molecule has 7 nitrogen and oxygen atoms in total. The van der Waals surface area contributed by atoms with Crippen molar-refractivity contribution in [1.82, 2.24) is 15.3 Å². The molecule has 1 atom stereocenters. The van der Waals surface area contributed by atoms with Crippen molar-refractivity contribution in [3.63, 3.8) is 0 Å². The standard InChI is InChI=1S/C26H30N4O3S/c1-16(24-9-10-25(34-24)19-8-6-5-7-18(19)15-27-11-12-31)28-26-20-13-22(32-3)23(33-4)14-21(20)29-17(2)30-26/h5-10,13-14,16,27,31H,11-12,15H2,1-4H3,(H,28,29,30). The molecule has 34 heavy (non-hydrogen) atoms. The number of thiophene rings is 1. The second-order valence-corrected chi connectivity index (χ2v) is 9.08. The Morgan fingerprint density at radius 1 is 1.03 bits per heavy atom. The maximum absolute atomic E-state index is 9.07. The summed E-state index contributed by atoms with van der Waals surface area (Å²) in [6.45, 7) is 5.44. The first kappa shape index (κ1) is 23.9. The Hall–Kier alpha value is -3.20. The smallest absolute Gasteiger partial charge is 0.162 e. The molecule has 3 N–H and O–H groups in total. The van der Waals surface area contributed by atoms with Gasteiger partial charge in [0.1, 0.15) is 11.6 Å². The van der Waals surface area contributed by atoms with Crippen LogP contribution in [-0.2, 0) is 6.54 Å². The predicted octanol–water partition coefficient (Wildman–Crippen LogP) is 4.94. The van der Waals surface area contributed by atoms with Crippen LogP contribution < -0.4 is 20.1 Å². The van der Waals surface area contributed by atoms with Crippen LogP contribution in [-0.4, -0.2) is 42.4 Å². The Morgan fingerprint density at radius 2 is 1.79 bits per heavy atom. The number of methoxy groups -OCH3 is 2. The third-order valence-electron chi connectivity index (χ3n) is 5.61. The van der Waals surface area contributed by atoms with Gasteiger partial charge >= 0.3 is 0 Å². The van der Waals surface area contributed by atoms with Gasteiger partial charge in [0, 0.05) is 34.3 Å². The van der Waals surface area contributed by atoms with Gasteiger partial charge in [-0.15, -0.1) is 11.3 Å². The minimum absolute atomic E-state index is 0.0454. The number of nitrogens with one attached hydrogen (secondary N) is 2. The van der Waals surface area contributed by atoms with Gasteiger partial charge in [-0.2, -0.15) is 0 Å². The summed E-state index contributed by atoms with van der Waals surface area (Å²) in [7, 11) is 3.24. The molecule has 0 aliphatic carbocycles. The monoisotopic (exact) mass is 478 g/mol. The predicted molar refractivity (Wildman–Crippen MR) is 138 cm³/mol. The van der Waals surface area contributed by atoms with E-state index in [2.05, 4.69) is 57.9 Å². The Bertz CT molecular complexity index is 1270. The van der Waals surface area contributed by atoms with E-state index in [9.17, 15) is 0 Å². The van der Waals surface area contributed by atoms with Crippen molar-refractivity contribution in [3.8, 4) is 21.9 Å². The molecule has 0 saturated heterocycles. The molecule has 2 aromatic carbocycles. The molecular weight excluding hydrogens is 448 g/mol. The zero-order valence-corrected chi connectivity index (χ0v) is 20.7. The van der Waals surface area contributed by atoms with Crippen LogP contribution in [0.2, 0.25) is 0 Å². The number of aliphatic hydroxyl groups excluding tert-OH is 1. The highest BCUT2D eigenvalue weighted by Crippen LogP contribution is 2.37. The van der Waals surface area contributed by atoms with Crippen LogP contribution in [0.5, 0.6) is 11.5 Å². The summed E-state index contributed by atoms with van der Waals surface area (Å²) in [6, 6.07) is 16.5.